The van der Waals surface area contributed by atoms with Crippen molar-refractivity contribution in [1.29, 1.82) is 0 Å². The largest absolute Gasteiger partial charge is 0.349 e. The number of nitrogens with zero attached hydrogens (tertiary/aromatic N) is 2. The summed E-state index contributed by atoms with van der Waals surface area (Å²) in [6.07, 6.45) is 8.00. The number of nitrogens with two attached hydrogens (primary N) is 1. The predicted molar refractivity (Wildman–Crippen MR) is 69.6 cm³/mol. The fraction of sp³-hybridized carbons (Fsp3) is 0.692. The highest BCUT2D eigenvalue weighted by molar-refractivity contribution is 5.79. The molecule has 5 heteroatoms. The Balaban J connectivity index is 1.89. The van der Waals surface area contributed by atoms with Gasteiger partial charge in [0.15, 0.2) is 0 Å². The Kier molecular flexibility index (Phi) is 4.36. The zero-order chi connectivity index (χ0) is 13.0. The van der Waals surface area contributed by atoms with Gasteiger partial charge >= 0.3 is 0 Å². The molecule has 1 fully saturated rings. The van der Waals surface area contributed by atoms with E-state index in [-0.39, 0.29) is 11.8 Å². The van der Waals surface area contributed by atoms with E-state index in [0.717, 1.165) is 25.1 Å². The maximum absolute atomic E-state index is 12.2. The van der Waals surface area contributed by atoms with Crippen molar-refractivity contribution < 1.29 is 4.79 Å². The van der Waals surface area contributed by atoms with Crippen molar-refractivity contribution in [2.24, 2.45) is 24.6 Å². The number of carbonyl (C=O) groups is 1. The molecule has 5 nitrogen and oxygen atoms in total. The molecule has 1 heterocycles. The van der Waals surface area contributed by atoms with E-state index in [0.29, 0.717) is 19.0 Å². The molecule has 1 aliphatic rings. The number of imidazole rings is 1. The first-order chi connectivity index (χ1) is 8.72. The monoisotopic (exact) mass is 250 g/mol. The maximum Gasteiger partial charge on any atom is 0.223 e. The highest BCUT2D eigenvalue weighted by Crippen LogP contribution is 2.29. The summed E-state index contributed by atoms with van der Waals surface area (Å²) in [4.78, 5) is 16.4. The van der Waals surface area contributed by atoms with Crippen LogP contribution in [0.5, 0.6) is 0 Å². The number of rotatable bonds is 4. The van der Waals surface area contributed by atoms with Crippen molar-refractivity contribution in [3.05, 3.63) is 18.2 Å². The lowest BCUT2D eigenvalue weighted by Crippen LogP contribution is -2.39. The Labute approximate surface area is 108 Å². The zero-order valence-corrected chi connectivity index (χ0v) is 10.9. The summed E-state index contributed by atoms with van der Waals surface area (Å²) >= 11 is 0. The molecular weight excluding hydrogens is 228 g/mol. The van der Waals surface area contributed by atoms with Crippen molar-refractivity contribution in [2.75, 3.05) is 6.54 Å². The minimum absolute atomic E-state index is 0.0871. The first kappa shape index (κ1) is 13.1. The Bertz CT molecular complexity index is 401. The summed E-state index contributed by atoms with van der Waals surface area (Å²) in [7, 11) is 1.93. The molecule has 2 atom stereocenters. The lowest BCUT2D eigenvalue weighted by Gasteiger charge is -2.29. The molecule has 0 saturated heterocycles. The number of hydrogen-bond acceptors (Lipinski definition) is 3. The van der Waals surface area contributed by atoms with Gasteiger partial charge in [-0.05, 0) is 25.3 Å². The highest BCUT2D eigenvalue weighted by Gasteiger charge is 2.29. The minimum Gasteiger partial charge on any atom is -0.349 e. The van der Waals surface area contributed by atoms with Gasteiger partial charge in [0.2, 0.25) is 5.91 Å². The van der Waals surface area contributed by atoms with Gasteiger partial charge in [0, 0.05) is 25.4 Å². The number of aryl methyl sites for hydroxylation is 1. The Morgan fingerprint density at radius 1 is 1.56 bits per heavy atom. The van der Waals surface area contributed by atoms with Crippen LogP contribution in [0.15, 0.2) is 12.4 Å². The molecule has 0 spiro atoms. The van der Waals surface area contributed by atoms with Crippen LogP contribution in [0.3, 0.4) is 0 Å². The first-order valence-electron chi connectivity index (χ1n) is 6.66. The molecule has 0 aromatic carbocycles. The SMILES string of the molecule is Cn1ccnc1CNC(=O)C1CCCCC1CN. The summed E-state index contributed by atoms with van der Waals surface area (Å²) in [6, 6.07) is 0. The molecule has 2 rings (SSSR count). The standard InChI is InChI=1S/C13H22N4O/c1-17-7-6-15-12(17)9-16-13(18)11-5-3-2-4-10(11)8-14/h6-7,10-11H,2-5,8-9,14H2,1H3,(H,16,18). The summed E-state index contributed by atoms with van der Waals surface area (Å²) in [6.45, 7) is 1.11. The molecule has 1 aliphatic carbocycles. The van der Waals surface area contributed by atoms with Crippen molar-refractivity contribution in [3.63, 3.8) is 0 Å². The van der Waals surface area contributed by atoms with Crippen molar-refractivity contribution in [2.45, 2.75) is 32.2 Å². The smallest absolute Gasteiger partial charge is 0.223 e. The molecule has 18 heavy (non-hydrogen) atoms. The van der Waals surface area contributed by atoms with Crippen LogP contribution in [0.1, 0.15) is 31.5 Å². The third-order valence-electron chi connectivity index (χ3n) is 3.89. The quantitative estimate of drug-likeness (QED) is 0.830. The van der Waals surface area contributed by atoms with E-state index in [4.69, 9.17) is 5.73 Å². The number of carbonyl (C=O) groups excluding carboxylic acids is 1. The van der Waals surface area contributed by atoms with Crippen LogP contribution in [0, 0.1) is 11.8 Å². The van der Waals surface area contributed by atoms with Gasteiger partial charge in [0.05, 0.1) is 6.54 Å². The number of amides is 1. The number of nitrogens with one attached hydrogen (secondary N) is 1. The highest BCUT2D eigenvalue weighted by atomic mass is 16.1. The Morgan fingerprint density at radius 2 is 2.33 bits per heavy atom. The van der Waals surface area contributed by atoms with E-state index in [1.54, 1.807) is 6.20 Å². The van der Waals surface area contributed by atoms with E-state index in [9.17, 15) is 4.79 Å². The van der Waals surface area contributed by atoms with Crippen molar-refractivity contribution in [3.8, 4) is 0 Å². The second-order valence-electron chi connectivity index (χ2n) is 5.06. The maximum atomic E-state index is 12.2. The lowest BCUT2D eigenvalue weighted by atomic mass is 9.79. The number of aromatic nitrogens is 2. The van der Waals surface area contributed by atoms with Crippen molar-refractivity contribution >= 4 is 5.91 Å². The fourth-order valence-corrected chi connectivity index (χ4v) is 2.70. The van der Waals surface area contributed by atoms with Crippen molar-refractivity contribution in [1.82, 2.24) is 14.9 Å². The average molecular weight is 250 g/mol. The summed E-state index contributed by atoms with van der Waals surface area (Å²) in [5, 5.41) is 2.98. The van der Waals surface area contributed by atoms with Gasteiger partial charge in [-0.2, -0.15) is 0 Å². The summed E-state index contributed by atoms with van der Waals surface area (Å²) < 4.78 is 1.92. The van der Waals surface area contributed by atoms with Crippen LogP contribution < -0.4 is 11.1 Å². The molecule has 2 unspecified atom stereocenters. The van der Waals surface area contributed by atoms with E-state index in [1.807, 2.05) is 17.8 Å². The average Bonchev–Trinajstić information content (AvgIpc) is 2.81. The van der Waals surface area contributed by atoms with Crippen LogP contribution in [0.4, 0.5) is 0 Å². The van der Waals surface area contributed by atoms with E-state index >= 15 is 0 Å². The second-order valence-corrected chi connectivity index (χ2v) is 5.06. The van der Waals surface area contributed by atoms with E-state index in [1.165, 1.54) is 6.42 Å². The van der Waals surface area contributed by atoms with Crippen LogP contribution in [-0.2, 0) is 18.4 Å². The third kappa shape index (κ3) is 2.90. The zero-order valence-electron chi connectivity index (χ0n) is 10.9. The lowest BCUT2D eigenvalue weighted by molar-refractivity contribution is -0.127. The molecule has 1 saturated carbocycles. The number of hydrogen-bond donors (Lipinski definition) is 2. The van der Waals surface area contributed by atoms with Crippen LogP contribution in [-0.4, -0.2) is 22.0 Å². The first-order valence-corrected chi connectivity index (χ1v) is 6.66. The molecule has 3 N–H and O–H groups in total. The van der Waals surface area contributed by atoms with Gasteiger partial charge in [-0.3, -0.25) is 4.79 Å². The molecule has 0 aliphatic heterocycles. The van der Waals surface area contributed by atoms with Crippen LogP contribution in [0.2, 0.25) is 0 Å². The Hall–Kier alpha value is -1.36. The minimum atomic E-state index is 0.0871. The second kappa shape index (κ2) is 6.00. The molecule has 1 aromatic rings. The predicted octanol–water partition coefficient (Wildman–Crippen LogP) is 0.801. The van der Waals surface area contributed by atoms with Gasteiger partial charge in [-0.25, -0.2) is 4.98 Å². The molecule has 100 valence electrons. The molecule has 0 bridgehead atoms. The van der Waals surface area contributed by atoms with Gasteiger partial charge < -0.3 is 15.6 Å². The molecular formula is C13H22N4O. The topological polar surface area (TPSA) is 72.9 Å². The van der Waals surface area contributed by atoms with Gasteiger partial charge in [0.25, 0.3) is 0 Å². The third-order valence-corrected chi connectivity index (χ3v) is 3.89. The molecule has 0 radical (unpaired) electrons. The van der Waals surface area contributed by atoms with Crippen LogP contribution >= 0.6 is 0 Å². The van der Waals surface area contributed by atoms with Gasteiger partial charge in [-0.1, -0.05) is 12.8 Å². The van der Waals surface area contributed by atoms with E-state index in [2.05, 4.69) is 10.3 Å². The Morgan fingerprint density at radius 3 is 3.00 bits per heavy atom. The van der Waals surface area contributed by atoms with Crippen LogP contribution in [0.25, 0.3) is 0 Å². The molecule has 1 amide bonds. The summed E-state index contributed by atoms with van der Waals surface area (Å²) in [5.74, 6) is 1.45. The normalized spacial score (nSPS) is 23.9. The fourth-order valence-electron chi connectivity index (χ4n) is 2.70. The van der Waals surface area contributed by atoms with Gasteiger partial charge in [0.1, 0.15) is 5.82 Å². The van der Waals surface area contributed by atoms with Gasteiger partial charge in [-0.15, -0.1) is 0 Å². The summed E-state index contributed by atoms with van der Waals surface area (Å²) in [5.41, 5.74) is 5.75. The van der Waals surface area contributed by atoms with E-state index < -0.39 is 0 Å². The molecule has 1 aromatic heterocycles.